The number of carbonyl (C=O) groups excluding carboxylic acids is 1. The maximum atomic E-state index is 12.9. The fraction of sp³-hybridized carbons (Fsp3) is 0.458. The van der Waals surface area contributed by atoms with Crippen LogP contribution in [0.15, 0.2) is 42.5 Å². The molecule has 0 unspecified atom stereocenters. The predicted octanol–water partition coefficient (Wildman–Crippen LogP) is 5.44. The highest BCUT2D eigenvalue weighted by atomic mass is 35.5. The molecule has 150 valence electrons. The van der Waals surface area contributed by atoms with Crippen molar-refractivity contribution in [1.82, 2.24) is 10.2 Å². The van der Waals surface area contributed by atoms with Crippen molar-refractivity contribution in [3.63, 3.8) is 0 Å². The SMILES string of the molecule is CC[C@H](NC(=O)C1CCN(Cc2cccc(Cl)c2)CC1)c1ccc(C)cc1C. The summed E-state index contributed by atoms with van der Waals surface area (Å²) in [4.78, 5) is 15.3. The lowest BCUT2D eigenvalue weighted by Crippen LogP contribution is -2.41. The lowest BCUT2D eigenvalue weighted by molar-refractivity contribution is -0.127. The van der Waals surface area contributed by atoms with E-state index in [9.17, 15) is 4.79 Å². The number of aryl methyl sites for hydroxylation is 2. The van der Waals surface area contributed by atoms with Crippen molar-refractivity contribution in [1.29, 1.82) is 0 Å². The van der Waals surface area contributed by atoms with Crippen molar-refractivity contribution >= 4 is 17.5 Å². The minimum absolute atomic E-state index is 0.0950. The zero-order valence-corrected chi connectivity index (χ0v) is 17.9. The number of hydrogen-bond donors (Lipinski definition) is 1. The topological polar surface area (TPSA) is 32.3 Å². The van der Waals surface area contributed by atoms with E-state index in [-0.39, 0.29) is 17.9 Å². The zero-order valence-electron chi connectivity index (χ0n) is 17.2. The second kappa shape index (κ2) is 9.58. The number of hydrogen-bond acceptors (Lipinski definition) is 2. The number of nitrogens with one attached hydrogen (secondary N) is 1. The molecule has 4 heteroatoms. The van der Waals surface area contributed by atoms with Crippen LogP contribution in [0.25, 0.3) is 0 Å². The number of likely N-dealkylation sites (tertiary alicyclic amines) is 1. The van der Waals surface area contributed by atoms with Gasteiger partial charge in [0.25, 0.3) is 0 Å². The van der Waals surface area contributed by atoms with Crippen LogP contribution in [-0.4, -0.2) is 23.9 Å². The van der Waals surface area contributed by atoms with Gasteiger partial charge in [0.1, 0.15) is 0 Å². The van der Waals surface area contributed by atoms with Crippen molar-refractivity contribution in [3.8, 4) is 0 Å². The average Bonchev–Trinajstić information content (AvgIpc) is 2.67. The first-order valence-electron chi connectivity index (χ1n) is 10.3. The molecule has 0 radical (unpaired) electrons. The summed E-state index contributed by atoms with van der Waals surface area (Å²) in [6, 6.07) is 14.6. The molecular weight excluding hydrogens is 368 g/mol. The van der Waals surface area contributed by atoms with E-state index in [2.05, 4.69) is 55.3 Å². The van der Waals surface area contributed by atoms with Crippen molar-refractivity contribution in [2.24, 2.45) is 5.92 Å². The standard InChI is InChI=1S/C24H31ClN2O/c1-4-23(22-9-8-17(2)14-18(22)3)26-24(28)20-10-12-27(13-11-20)16-19-6-5-7-21(25)15-19/h5-9,14-15,20,23H,4,10-13,16H2,1-3H3,(H,26,28)/t23-/m0/s1. The van der Waals surface area contributed by atoms with Gasteiger partial charge in [0.15, 0.2) is 0 Å². The highest BCUT2D eigenvalue weighted by Crippen LogP contribution is 2.25. The van der Waals surface area contributed by atoms with E-state index in [0.29, 0.717) is 0 Å². The average molecular weight is 399 g/mol. The molecule has 0 aliphatic carbocycles. The highest BCUT2D eigenvalue weighted by molar-refractivity contribution is 6.30. The molecule has 1 fully saturated rings. The van der Waals surface area contributed by atoms with Crippen LogP contribution in [0.5, 0.6) is 0 Å². The van der Waals surface area contributed by atoms with E-state index in [0.717, 1.165) is 43.9 Å². The normalized spacial score (nSPS) is 16.7. The molecule has 2 aromatic rings. The van der Waals surface area contributed by atoms with Gasteiger partial charge in [0.05, 0.1) is 6.04 Å². The van der Waals surface area contributed by atoms with Crippen LogP contribution in [0.3, 0.4) is 0 Å². The molecule has 28 heavy (non-hydrogen) atoms. The van der Waals surface area contributed by atoms with Crippen molar-refractivity contribution in [3.05, 3.63) is 69.7 Å². The first kappa shape index (κ1) is 20.9. The van der Waals surface area contributed by atoms with Gasteiger partial charge in [-0.15, -0.1) is 0 Å². The van der Waals surface area contributed by atoms with Gasteiger partial charge in [-0.3, -0.25) is 9.69 Å². The quantitative estimate of drug-likeness (QED) is 0.702. The van der Waals surface area contributed by atoms with Crippen LogP contribution in [0.1, 0.15) is 54.5 Å². The molecule has 3 rings (SSSR count). The van der Waals surface area contributed by atoms with Crippen LogP contribution < -0.4 is 5.32 Å². The maximum absolute atomic E-state index is 12.9. The summed E-state index contributed by atoms with van der Waals surface area (Å²) in [5.41, 5.74) is 4.98. The summed E-state index contributed by atoms with van der Waals surface area (Å²) >= 11 is 6.09. The molecule has 1 atom stereocenters. The Balaban J connectivity index is 1.54. The first-order valence-corrected chi connectivity index (χ1v) is 10.7. The van der Waals surface area contributed by atoms with Crippen LogP contribution in [-0.2, 0) is 11.3 Å². The monoisotopic (exact) mass is 398 g/mol. The molecule has 1 heterocycles. The van der Waals surface area contributed by atoms with Crippen LogP contribution >= 0.6 is 11.6 Å². The molecule has 0 spiro atoms. The van der Waals surface area contributed by atoms with Gasteiger partial charge in [-0.1, -0.05) is 54.4 Å². The van der Waals surface area contributed by atoms with Crippen molar-refractivity contribution in [2.75, 3.05) is 13.1 Å². The molecule has 3 nitrogen and oxygen atoms in total. The Hall–Kier alpha value is -1.84. The molecule has 1 N–H and O–H groups in total. The third-order valence-corrected chi connectivity index (χ3v) is 6.01. The van der Waals surface area contributed by atoms with Gasteiger partial charge < -0.3 is 5.32 Å². The van der Waals surface area contributed by atoms with E-state index < -0.39 is 0 Å². The van der Waals surface area contributed by atoms with Gasteiger partial charge in [-0.2, -0.15) is 0 Å². The summed E-state index contributed by atoms with van der Waals surface area (Å²) in [6.07, 6.45) is 2.73. The third-order valence-electron chi connectivity index (χ3n) is 5.78. The number of carbonyl (C=O) groups is 1. The van der Waals surface area contributed by atoms with E-state index >= 15 is 0 Å². The highest BCUT2D eigenvalue weighted by Gasteiger charge is 2.27. The Kier molecular flexibility index (Phi) is 7.14. The molecule has 1 saturated heterocycles. The van der Waals surface area contributed by atoms with E-state index in [4.69, 9.17) is 11.6 Å². The minimum atomic E-state index is 0.0950. The number of piperidine rings is 1. The second-order valence-corrected chi connectivity index (χ2v) is 8.45. The van der Waals surface area contributed by atoms with Gasteiger partial charge in [-0.05, 0) is 75.0 Å². The Bertz CT molecular complexity index is 812. The van der Waals surface area contributed by atoms with E-state index in [1.807, 2.05) is 18.2 Å². The van der Waals surface area contributed by atoms with Crippen LogP contribution in [0, 0.1) is 19.8 Å². The molecule has 0 bridgehead atoms. The van der Waals surface area contributed by atoms with E-state index in [1.165, 1.54) is 22.3 Å². The third kappa shape index (κ3) is 5.36. The fourth-order valence-corrected chi connectivity index (χ4v) is 4.37. The van der Waals surface area contributed by atoms with Crippen LogP contribution in [0.2, 0.25) is 5.02 Å². The Morgan fingerprint density at radius 1 is 1.18 bits per heavy atom. The molecule has 2 aromatic carbocycles. The summed E-state index contributed by atoms with van der Waals surface area (Å²) in [5.74, 6) is 0.310. The summed E-state index contributed by atoms with van der Waals surface area (Å²) < 4.78 is 0. The van der Waals surface area contributed by atoms with Gasteiger partial charge in [-0.25, -0.2) is 0 Å². The predicted molar refractivity (Wildman–Crippen MR) is 117 cm³/mol. The zero-order chi connectivity index (χ0) is 20.1. The number of benzene rings is 2. The molecule has 1 aliphatic heterocycles. The number of nitrogens with zero attached hydrogens (tertiary/aromatic N) is 1. The fourth-order valence-electron chi connectivity index (χ4n) is 4.15. The Morgan fingerprint density at radius 3 is 2.57 bits per heavy atom. The number of amides is 1. The van der Waals surface area contributed by atoms with Gasteiger partial charge in [0, 0.05) is 17.5 Å². The first-order chi connectivity index (χ1) is 13.5. The summed E-state index contributed by atoms with van der Waals surface area (Å²) in [6.45, 7) is 9.17. The second-order valence-electron chi connectivity index (χ2n) is 8.01. The molecule has 0 aromatic heterocycles. The van der Waals surface area contributed by atoms with Crippen molar-refractivity contribution < 1.29 is 4.79 Å². The lowest BCUT2D eigenvalue weighted by Gasteiger charge is -2.32. The molecule has 0 saturated carbocycles. The Morgan fingerprint density at radius 2 is 1.93 bits per heavy atom. The molecular formula is C24H31ClN2O. The maximum Gasteiger partial charge on any atom is 0.223 e. The molecule has 1 amide bonds. The summed E-state index contributed by atoms with van der Waals surface area (Å²) in [7, 11) is 0. The number of halogens is 1. The largest absolute Gasteiger partial charge is 0.349 e. The van der Waals surface area contributed by atoms with Crippen LogP contribution in [0.4, 0.5) is 0 Å². The smallest absolute Gasteiger partial charge is 0.223 e. The van der Waals surface area contributed by atoms with Gasteiger partial charge in [0.2, 0.25) is 5.91 Å². The molecule has 1 aliphatic rings. The minimum Gasteiger partial charge on any atom is -0.349 e. The lowest BCUT2D eigenvalue weighted by atomic mass is 9.93. The number of rotatable bonds is 6. The summed E-state index contributed by atoms with van der Waals surface area (Å²) in [5, 5.41) is 4.09. The van der Waals surface area contributed by atoms with E-state index in [1.54, 1.807) is 0 Å². The van der Waals surface area contributed by atoms with Gasteiger partial charge >= 0.3 is 0 Å². The Labute approximate surface area is 174 Å². The van der Waals surface area contributed by atoms with Crippen molar-refractivity contribution in [2.45, 2.75) is 52.6 Å².